The number of hydrogen-bond donors (Lipinski definition) is 3. The fourth-order valence-electron chi connectivity index (χ4n) is 0.867. The quantitative estimate of drug-likeness (QED) is 0.566. The molecule has 1 atom stereocenters. The van der Waals surface area contributed by atoms with Gasteiger partial charge in [-0.05, 0) is 12.3 Å². The molecule has 0 fully saturated rings. The average Bonchev–Trinajstić information content (AvgIpc) is 1.83. The normalized spacial score (nSPS) is 12.6. The van der Waals surface area contributed by atoms with E-state index in [1.165, 1.54) is 0 Å². The van der Waals surface area contributed by atoms with Crippen molar-refractivity contribution in [2.24, 2.45) is 11.7 Å². The smallest absolute Gasteiger partial charge is 0.405 e. The van der Waals surface area contributed by atoms with Crippen LogP contribution >= 0.6 is 0 Å². The Morgan fingerprint density at radius 1 is 1.50 bits per heavy atom. The van der Waals surface area contributed by atoms with E-state index in [1.54, 1.807) is 0 Å². The van der Waals surface area contributed by atoms with Gasteiger partial charge in [-0.15, -0.1) is 0 Å². The van der Waals surface area contributed by atoms with Crippen molar-refractivity contribution < 1.29 is 14.7 Å². The van der Waals surface area contributed by atoms with Gasteiger partial charge in [0.05, 0.1) is 0 Å². The van der Waals surface area contributed by atoms with E-state index in [9.17, 15) is 9.59 Å². The van der Waals surface area contributed by atoms with Crippen LogP contribution in [0.1, 0.15) is 20.3 Å². The molecule has 0 saturated heterocycles. The zero-order valence-electron chi connectivity index (χ0n) is 7.20. The van der Waals surface area contributed by atoms with Gasteiger partial charge in [0, 0.05) is 0 Å². The Balaban J connectivity index is 4.04. The molecule has 0 aliphatic heterocycles. The number of carbonyl (C=O) groups excluding carboxylic acids is 1. The third kappa shape index (κ3) is 4.54. The average molecular weight is 174 g/mol. The predicted octanol–water partition coefficient (Wildman–Crippen LogP) is 0.154. The number of hydrogen-bond acceptors (Lipinski definition) is 2. The highest BCUT2D eigenvalue weighted by Crippen LogP contribution is 2.03. The molecule has 0 heterocycles. The van der Waals surface area contributed by atoms with Crippen LogP contribution in [0.2, 0.25) is 0 Å². The summed E-state index contributed by atoms with van der Waals surface area (Å²) in [5.41, 5.74) is 4.97. The second kappa shape index (κ2) is 4.58. The first-order valence-electron chi connectivity index (χ1n) is 3.72. The minimum atomic E-state index is -1.22. The van der Waals surface area contributed by atoms with Crippen molar-refractivity contribution in [3.63, 3.8) is 0 Å². The van der Waals surface area contributed by atoms with Crippen LogP contribution in [-0.2, 0) is 4.79 Å². The van der Waals surface area contributed by atoms with Gasteiger partial charge in [0.2, 0.25) is 5.91 Å². The molecule has 0 aromatic rings. The summed E-state index contributed by atoms with van der Waals surface area (Å²) < 4.78 is 0. The lowest BCUT2D eigenvalue weighted by molar-refractivity contribution is -0.120. The number of carbonyl (C=O) groups is 2. The van der Waals surface area contributed by atoms with Crippen LogP contribution < -0.4 is 11.1 Å². The minimum absolute atomic E-state index is 0.231. The Hall–Kier alpha value is -1.26. The molecule has 12 heavy (non-hydrogen) atoms. The highest BCUT2D eigenvalue weighted by Gasteiger charge is 2.18. The lowest BCUT2D eigenvalue weighted by atomic mass is 10.0. The third-order valence-corrected chi connectivity index (χ3v) is 1.35. The Labute approximate surface area is 70.9 Å². The molecule has 70 valence electrons. The van der Waals surface area contributed by atoms with E-state index in [1.807, 2.05) is 13.8 Å². The number of primary amides is 1. The van der Waals surface area contributed by atoms with Crippen molar-refractivity contribution in [2.75, 3.05) is 0 Å². The molecular formula is C7H14N2O3. The zero-order valence-corrected chi connectivity index (χ0v) is 7.20. The van der Waals surface area contributed by atoms with E-state index in [2.05, 4.69) is 5.32 Å². The molecule has 0 unspecified atom stereocenters. The van der Waals surface area contributed by atoms with Gasteiger partial charge in [-0.25, -0.2) is 4.79 Å². The standard InChI is InChI=1S/C7H14N2O3/c1-4(2)3-5(6(8)10)9-7(11)12/h4-5,9H,3H2,1-2H3,(H2,8,10)(H,11,12)/t5-/m1/s1. The predicted molar refractivity (Wildman–Crippen MR) is 43.6 cm³/mol. The summed E-state index contributed by atoms with van der Waals surface area (Å²) in [6.45, 7) is 3.78. The van der Waals surface area contributed by atoms with Crippen LogP contribution in [0.25, 0.3) is 0 Å². The van der Waals surface area contributed by atoms with Gasteiger partial charge < -0.3 is 16.2 Å². The summed E-state index contributed by atoms with van der Waals surface area (Å²) in [4.78, 5) is 20.8. The largest absolute Gasteiger partial charge is 0.465 e. The second-order valence-electron chi connectivity index (χ2n) is 3.03. The van der Waals surface area contributed by atoms with Crippen molar-refractivity contribution in [1.29, 1.82) is 0 Å². The molecule has 0 rings (SSSR count). The van der Waals surface area contributed by atoms with Crippen molar-refractivity contribution in [3.8, 4) is 0 Å². The fourth-order valence-corrected chi connectivity index (χ4v) is 0.867. The van der Waals surface area contributed by atoms with E-state index in [4.69, 9.17) is 10.8 Å². The molecule has 5 nitrogen and oxygen atoms in total. The Morgan fingerprint density at radius 3 is 2.25 bits per heavy atom. The lowest BCUT2D eigenvalue weighted by Crippen LogP contribution is -2.44. The summed E-state index contributed by atoms with van der Waals surface area (Å²) in [6, 6.07) is -0.775. The maximum atomic E-state index is 10.7. The van der Waals surface area contributed by atoms with Crippen LogP contribution in [0.5, 0.6) is 0 Å². The van der Waals surface area contributed by atoms with Crippen molar-refractivity contribution in [2.45, 2.75) is 26.3 Å². The van der Waals surface area contributed by atoms with Crippen LogP contribution in [0.15, 0.2) is 0 Å². The molecule has 0 aromatic carbocycles. The van der Waals surface area contributed by atoms with E-state index >= 15 is 0 Å². The van der Waals surface area contributed by atoms with Gasteiger partial charge in [-0.2, -0.15) is 0 Å². The summed E-state index contributed by atoms with van der Waals surface area (Å²) in [7, 11) is 0. The van der Waals surface area contributed by atoms with E-state index in [0.717, 1.165) is 0 Å². The van der Waals surface area contributed by atoms with Crippen LogP contribution in [0.3, 0.4) is 0 Å². The molecule has 2 amide bonds. The Morgan fingerprint density at radius 2 is 2.00 bits per heavy atom. The van der Waals surface area contributed by atoms with E-state index < -0.39 is 18.0 Å². The molecule has 0 spiro atoms. The first kappa shape index (κ1) is 10.7. The molecule has 4 N–H and O–H groups in total. The highest BCUT2D eigenvalue weighted by atomic mass is 16.4. The van der Waals surface area contributed by atoms with Gasteiger partial charge in [0.1, 0.15) is 6.04 Å². The summed E-state index contributed by atoms with van der Waals surface area (Å²) in [6.07, 6.45) is -0.791. The van der Waals surface area contributed by atoms with Crippen molar-refractivity contribution >= 4 is 12.0 Å². The Kier molecular flexibility index (Phi) is 4.10. The Bertz CT molecular complexity index is 179. The first-order chi connectivity index (χ1) is 5.43. The number of nitrogens with two attached hydrogens (primary N) is 1. The van der Waals surface area contributed by atoms with Crippen LogP contribution in [0, 0.1) is 5.92 Å². The SMILES string of the molecule is CC(C)C[C@@H](NC(=O)O)C(N)=O. The van der Waals surface area contributed by atoms with E-state index in [-0.39, 0.29) is 5.92 Å². The van der Waals surface area contributed by atoms with Gasteiger partial charge in [0.25, 0.3) is 0 Å². The van der Waals surface area contributed by atoms with Crippen molar-refractivity contribution in [3.05, 3.63) is 0 Å². The first-order valence-corrected chi connectivity index (χ1v) is 3.72. The molecule has 0 bridgehead atoms. The van der Waals surface area contributed by atoms with Crippen molar-refractivity contribution in [1.82, 2.24) is 5.32 Å². The number of nitrogens with one attached hydrogen (secondary N) is 1. The topological polar surface area (TPSA) is 92.4 Å². The molecular weight excluding hydrogens is 160 g/mol. The zero-order chi connectivity index (χ0) is 9.72. The van der Waals surface area contributed by atoms with Crippen LogP contribution in [0.4, 0.5) is 4.79 Å². The maximum absolute atomic E-state index is 10.7. The van der Waals surface area contributed by atoms with E-state index in [0.29, 0.717) is 6.42 Å². The maximum Gasteiger partial charge on any atom is 0.405 e. The third-order valence-electron chi connectivity index (χ3n) is 1.35. The van der Waals surface area contributed by atoms with Crippen LogP contribution in [-0.4, -0.2) is 23.1 Å². The molecule has 0 aromatic heterocycles. The molecule has 0 radical (unpaired) electrons. The summed E-state index contributed by atoms with van der Waals surface area (Å²) >= 11 is 0. The van der Waals surface area contributed by atoms with Gasteiger partial charge in [-0.3, -0.25) is 4.79 Å². The number of carboxylic acid groups (broad SMARTS) is 1. The molecule has 0 aliphatic carbocycles. The van der Waals surface area contributed by atoms with Gasteiger partial charge >= 0.3 is 6.09 Å². The number of rotatable bonds is 4. The second-order valence-corrected chi connectivity index (χ2v) is 3.03. The highest BCUT2D eigenvalue weighted by molar-refractivity contribution is 5.83. The summed E-state index contributed by atoms with van der Waals surface area (Å²) in [5.74, 6) is -0.402. The lowest BCUT2D eigenvalue weighted by Gasteiger charge is -2.14. The monoisotopic (exact) mass is 174 g/mol. The molecule has 0 saturated carbocycles. The molecule has 0 aliphatic rings. The molecule has 5 heteroatoms. The summed E-state index contributed by atoms with van der Waals surface area (Å²) in [5, 5.41) is 10.4. The number of amides is 2. The fraction of sp³-hybridized carbons (Fsp3) is 0.714. The minimum Gasteiger partial charge on any atom is -0.465 e. The van der Waals surface area contributed by atoms with Gasteiger partial charge in [-0.1, -0.05) is 13.8 Å². The van der Waals surface area contributed by atoms with Gasteiger partial charge in [0.15, 0.2) is 0 Å².